The van der Waals surface area contributed by atoms with Crippen LogP contribution < -0.4 is 14.2 Å². The van der Waals surface area contributed by atoms with Crippen molar-refractivity contribution >= 4 is 11.9 Å². The van der Waals surface area contributed by atoms with Crippen molar-refractivity contribution in [2.24, 2.45) is 17.8 Å². The molecule has 0 radical (unpaired) electrons. The molecular formula is C28H32O8. The molecule has 2 bridgehead atoms. The first-order valence-electron chi connectivity index (χ1n) is 12.2. The second-order valence-electron chi connectivity index (χ2n) is 8.72. The fourth-order valence-electron chi connectivity index (χ4n) is 4.40. The summed E-state index contributed by atoms with van der Waals surface area (Å²) in [5, 5.41) is 0. The normalized spacial score (nSPS) is 19.8. The molecule has 3 atom stereocenters. The molecule has 0 spiro atoms. The molecule has 0 heterocycles. The van der Waals surface area contributed by atoms with E-state index in [1.54, 1.807) is 55.6 Å². The van der Waals surface area contributed by atoms with Gasteiger partial charge in [-0.3, -0.25) is 4.79 Å². The molecular weight excluding hydrogens is 464 g/mol. The fraction of sp³-hybridized carbons (Fsp3) is 0.429. The first-order chi connectivity index (χ1) is 17.6. The van der Waals surface area contributed by atoms with Crippen molar-refractivity contribution < 1.29 is 38.0 Å². The van der Waals surface area contributed by atoms with Crippen LogP contribution in [0, 0.1) is 17.8 Å². The average molecular weight is 497 g/mol. The van der Waals surface area contributed by atoms with Crippen LogP contribution in [0.25, 0.3) is 0 Å². The lowest BCUT2D eigenvalue weighted by atomic mass is 9.94. The molecule has 2 aromatic rings. The van der Waals surface area contributed by atoms with Gasteiger partial charge in [0.2, 0.25) is 0 Å². The van der Waals surface area contributed by atoms with Crippen LogP contribution in [0.5, 0.6) is 17.2 Å². The van der Waals surface area contributed by atoms with Gasteiger partial charge in [0, 0.05) is 0 Å². The lowest BCUT2D eigenvalue weighted by Gasteiger charge is -2.16. The SMILES string of the molecule is COc1ccc(OC(=O)c2ccc(OCCOCCOCCOC(=O)C3CC4C=CC3C4)cc2)cc1. The van der Waals surface area contributed by atoms with E-state index in [4.69, 9.17) is 28.4 Å². The summed E-state index contributed by atoms with van der Waals surface area (Å²) in [6, 6.07) is 13.5. The summed E-state index contributed by atoms with van der Waals surface area (Å²) in [5.41, 5.74) is 0.421. The first-order valence-corrected chi connectivity index (χ1v) is 12.2. The molecule has 3 unspecified atom stereocenters. The highest BCUT2D eigenvalue weighted by Gasteiger charge is 2.40. The second-order valence-corrected chi connectivity index (χ2v) is 8.72. The van der Waals surface area contributed by atoms with Crippen LogP contribution in [0.1, 0.15) is 23.2 Å². The van der Waals surface area contributed by atoms with Gasteiger partial charge in [0.15, 0.2) is 0 Å². The van der Waals surface area contributed by atoms with E-state index in [-0.39, 0.29) is 18.5 Å². The number of hydrogen-bond acceptors (Lipinski definition) is 8. The molecule has 0 N–H and O–H groups in total. The largest absolute Gasteiger partial charge is 0.497 e. The number of hydrogen-bond donors (Lipinski definition) is 0. The van der Waals surface area contributed by atoms with E-state index in [0.717, 1.165) is 12.8 Å². The molecule has 4 rings (SSSR count). The van der Waals surface area contributed by atoms with Gasteiger partial charge in [-0.2, -0.15) is 0 Å². The number of fused-ring (bicyclic) bond motifs is 2. The minimum atomic E-state index is -0.451. The lowest BCUT2D eigenvalue weighted by molar-refractivity contribution is -0.151. The molecule has 1 fully saturated rings. The van der Waals surface area contributed by atoms with Crippen molar-refractivity contribution in [3.8, 4) is 17.2 Å². The molecule has 0 saturated heterocycles. The van der Waals surface area contributed by atoms with Crippen molar-refractivity contribution in [2.45, 2.75) is 12.8 Å². The van der Waals surface area contributed by atoms with Gasteiger partial charge < -0.3 is 28.4 Å². The Kier molecular flexibility index (Phi) is 9.35. The van der Waals surface area contributed by atoms with E-state index in [2.05, 4.69) is 12.2 Å². The Hall–Kier alpha value is -3.36. The number of rotatable bonds is 14. The average Bonchev–Trinajstić information content (AvgIpc) is 3.54. The van der Waals surface area contributed by atoms with Crippen LogP contribution in [0.15, 0.2) is 60.7 Å². The van der Waals surface area contributed by atoms with E-state index in [9.17, 15) is 9.59 Å². The maximum absolute atomic E-state index is 12.3. The van der Waals surface area contributed by atoms with E-state index < -0.39 is 5.97 Å². The molecule has 0 amide bonds. The van der Waals surface area contributed by atoms with Crippen molar-refractivity contribution in [3.63, 3.8) is 0 Å². The molecule has 36 heavy (non-hydrogen) atoms. The van der Waals surface area contributed by atoms with Crippen LogP contribution in [0.2, 0.25) is 0 Å². The molecule has 8 heteroatoms. The smallest absolute Gasteiger partial charge is 0.343 e. The molecule has 2 aromatic carbocycles. The number of benzene rings is 2. The summed E-state index contributed by atoms with van der Waals surface area (Å²) in [7, 11) is 1.58. The second kappa shape index (κ2) is 13.1. The highest BCUT2D eigenvalue weighted by molar-refractivity contribution is 5.91. The van der Waals surface area contributed by atoms with Crippen molar-refractivity contribution in [3.05, 3.63) is 66.2 Å². The van der Waals surface area contributed by atoms with E-state index in [0.29, 0.717) is 67.7 Å². The Balaban J connectivity index is 1.01. The molecule has 2 aliphatic carbocycles. The minimum absolute atomic E-state index is 0.0210. The Morgan fingerprint density at radius 1 is 0.750 bits per heavy atom. The van der Waals surface area contributed by atoms with Crippen molar-refractivity contribution in [1.29, 1.82) is 0 Å². The third-order valence-electron chi connectivity index (χ3n) is 6.28. The number of ether oxygens (including phenoxy) is 6. The quantitative estimate of drug-likeness (QED) is 0.167. The summed E-state index contributed by atoms with van der Waals surface area (Å²) in [5.74, 6) is 2.14. The van der Waals surface area contributed by atoms with E-state index in [1.807, 2.05) is 0 Å². The highest BCUT2D eigenvalue weighted by Crippen LogP contribution is 2.43. The van der Waals surface area contributed by atoms with Crippen molar-refractivity contribution in [2.75, 3.05) is 46.8 Å². The topological polar surface area (TPSA) is 89.5 Å². The summed E-state index contributed by atoms with van der Waals surface area (Å²) >= 11 is 0. The number of carbonyl (C=O) groups is 2. The van der Waals surface area contributed by atoms with Crippen LogP contribution in [0.3, 0.4) is 0 Å². The number of methoxy groups -OCH3 is 1. The van der Waals surface area contributed by atoms with Gasteiger partial charge in [0.1, 0.15) is 30.5 Å². The Morgan fingerprint density at radius 2 is 1.39 bits per heavy atom. The minimum Gasteiger partial charge on any atom is -0.497 e. The standard InChI is InChI=1S/C28H32O8/c1-31-23-8-10-25(11-9-23)36-27(29)21-4-6-24(7-5-21)34-16-14-32-12-13-33-15-17-35-28(30)26-19-20-2-3-22(26)18-20/h2-11,20,22,26H,12-19H2,1H3. The van der Waals surface area contributed by atoms with E-state index in [1.165, 1.54) is 0 Å². The number of allylic oxidation sites excluding steroid dienone is 2. The molecule has 0 aliphatic heterocycles. The molecule has 8 nitrogen and oxygen atoms in total. The summed E-state index contributed by atoms with van der Waals surface area (Å²) < 4.78 is 32.4. The van der Waals surface area contributed by atoms with Gasteiger partial charge in [-0.05, 0) is 73.2 Å². The third-order valence-corrected chi connectivity index (χ3v) is 6.28. The summed E-state index contributed by atoms with van der Waals surface area (Å²) in [4.78, 5) is 24.4. The van der Waals surface area contributed by atoms with Crippen LogP contribution >= 0.6 is 0 Å². The van der Waals surface area contributed by atoms with Crippen LogP contribution in [-0.4, -0.2) is 58.7 Å². The molecule has 192 valence electrons. The zero-order chi connectivity index (χ0) is 25.2. The highest BCUT2D eigenvalue weighted by atomic mass is 16.6. The van der Waals surface area contributed by atoms with Gasteiger partial charge in [0.25, 0.3) is 0 Å². The number of esters is 2. The van der Waals surface area contributed by atoms with Crippen molar-refractivity contribution in [1.82, 2.24) is 0 Å². The third kappa shape index (κ3) is 7.32. The van der Waals surface area contributed by atoms with Crippen LogP contribution in [0.4, 0.5) is 0 Å². The van der Waals surface area contributed by atoms with Gasteiger partial charge >= 0.3 is 11.9 Å². The van der Waals surface area contributed by atoms with Gasteiger partial charge in [-0.1, -0.05) is 12.2 Å². The fourth-order valence-corrected chi connectivity index (χ4v) is 4.40. The first kappa shape index (κ1) is 25.7. The maximum Gasteiger partial charge on any atom is 0.343 e. The molecule has 1 saturated carbocycles. The lowest BCUT2D eigenvalue weighted by Crippen LogP contribution is -2.23. The Labute approximate surface area is 211 Å². The maximum atomic E-state index is 12.3. The number of carbonyl (C=O) groups excluding carboxylic acids is 2. The van der Waals surface area contributed by atoms with Crippen LogP contribution in [-0.2, 0) is 19.0 Å². The van der Waals surface area contributed by atoms with E-state index >= 15 is 0 Å². The predicted molar refractivity (Wildman–Crippen MR) is 131 cm³/mol. The zero-order valence-electron chi connectivity index (χ0n) is 20.4. The predicted octanol–water partition coefficient (Wildman–Crippen LogP) is 4.08. The van der Waals surface area contributed by atoms with Gasteiger partial charge in [0.05, 0.1) is 45.0 Å². The molecule has 2 aliphatic rings. The summed E-state index contributed by atoms with van der Waals surface area (Å²) in [6.45, 7) is 2.23. The van der Waals surface area contributed by atoms with Gasteiger partial charge in [-0.15, -0.1) is 0 Å². The monoisotopic (exact) mass is 496 g/mol. The zero-order valence-corrected chi connectivity index (χ0v) is 20.4. The summed E-state index contributed by atoms with van der Waals surface area (Å²) in [6.07, 6.45) is 6.36. The Morgan fingerprint density at radius 3 is 2.03 bits per heavy atom. The molecule has 0 aromatic heterocycles. The Bertz CT molecular complexity index is 1010. The van der Waals surface area contributed by atoms with Gasteiger partial charge in [-0.25, -0.2) is 4.79 Å².